The Hall–Kier alpha value is -2.04. The number of hydrogen-bond donors (Lipinski definition) is 2. The maximum Gasteiger partial charge on any atom is 0.696 e. The van der Waals surface area contributed by atoms with E-state index < -0.39 is 35.5 Å². The molecule has 158 valence electrons. The summed E-state index contributed by atoms with van der Waals surface area (Å²) in [5.41, 5.74) is -2.00. The molecule has 0 spiro atoms. The van der Waals surface area contributed by atoms with Crippen LogP contribution in [-0.4, -0.2) is 23.3 Å². The lowest BCUT2D eigenvalue weighted by Gasteiger charge is -2.11. The first-order chi connectivity index (χ1) is 13.4. The number of rotatable bonds is 9. The van der Waals surface area contributed by atoms with Gasteiger partial charge in [-0.25, -0.2) is 0 Å². The van der Waals surface area contributed by atoms with E-state index >= 15 is 0 Å². The Morgan fingerprint density at radius 1 is 1.07 bits per heavy atom. The molecular weight excluding hydrogens is 436 g/mol. The monoisotopic (exact) mass is 453 g/mol. The highest BCUT2D eigenvalue weighted by molar-refractivity contribution is 7.86. The molecule has 0 aromatic heterocycles. The smallest absolute Gasteiger partial charge is 0.457 e. The Labute approximate surface area is 165 Å². The number of halogens is 3. The van der Waals surface area contributed by atoms with E-state index in [0.717, 1.165) is 12.1 Å². The summed E-state index contributed by atoms with van der Waals surface area (Å²) in [5.74, 6) is 0.284. The van der Waals surface area contributed by atoms with Crippen LogP contribution in [0.3, 0.4) is 0 Å². The Morgan fingerprint density at radius 2 is 1.69 bits per heavy atom. The van der Waals surface area contributed by atoms with Gasteiger partial charge in [0.05, 0.1) is 5.56 Å². The molecule has 0 saturated carbocycles. The summed E-state index contributed by atoms with van der Waals surface area (Å²) < 4.78 is 90.1. The van der Waals surface area contributed by atoms with E-state index in [2.05, 4.69) is 4.52 Å². The van der Waals surface area contributed by atoms with Crippen LogP contribution < -0.4 is 4.74 Å². The summed E-state index contributed by atoms with van der Waals surface area (Å²) >= 11 is 0. The third-order valence-corrected chi connectivity index (χ3v) is 5.31. The molecule has 0 aliphatic heterocycles. The van der Waals surface area contributed by atoms with Crippen LogP contribution in [0.15, 0.2) is 48.5 Å². The Balaban J connectivity index is 2.02. The minimum absolute atomic E-state index is 0.00330. The minimum atomic E-state index is -4.66. The molecule has 0 bridgehead atoms. The van der Waals surface area contributed by atoms with E-state index in [1.54, 1.807) is 24.3 Å². The lowest BCUT2D eigenvalue weighted by atomic mass is 10.1. The fourth-order valence-corrected chi connectivity index (χ4v) is 3.89. The van der Waals surface area contributed by atoms with Crippen LogP contribution in [0.25, 0.3) is 0 Å². The molecular formula is C17H17F3O7PS+. The van der Waals surface area contributed by atoms with Crippen molar-refractivity contribution in [2.75, 3.05) is 0 Å². The van der Waals surface area contributed by atoms with E-state index in [1.165, 1.54) is 12.1 Å². The normalized spacial score (nSPS) is 13.8. The maximum atomic E-state index is 12.8. The van der Waals surface area contributed by atoms with Gasteiger partial charge in [-0.1, -0.05) is 22.7 Å². The van der Waals surface area contributed by atoms with Gasteiger partial charge in [-0.3, -0.25) is 4.55 Å². The molecule has 0 saturated heterocycles. The predicted molar refractivity (Wildman–Crippen MR) is 97.1 cm³/mol. The summed E-state index contributed by atoms with van der Waals surface area (Å²) in [6, 6.07) is 10.8. The zero-order chi connectivity index (χ0) is 21.7. The van der Waals surface area contributed by atoms with Crippen molar-refractivity contribution in [3.63, 3.8) is 0 Å². The van der Waals surface area contributed by atoms with Crippen molar-refractivity contribution in [2.45, 2.75) is 30.9 Å². The fourth-order valence-electron chi connectivity index (χ4n) is 2.47. The van der Waals surface area contributed by atoms with Crippen molar-refractivity contribution in [2.24, 2.45) is 0 Å². The van der Waals surface area contributed by atoms with Crippen molar-refractivity contribution >= 4 is 18.4 Å². The molecule has 0 fully saturated rings. The van der Waals surface area contributed by atoms with Gasteiger partial charge in [0, 0.05) is 4.57 Å². The Bertz CT molecular complexity index is 963. The molecule has 2 rings (SSSR count). The van der Waals surface area contributed by atoms with Gasteiger partial charge in [-0.15, -0.1) is 4.89 Å². The van der Waals surface area contributed by atoms with Crippen LogP contribution in [0, 0.1) is 0 Å². The summed E-state index contributed by atoms with van der Waals surface area (Å²) in [6.07, 6.45) is -4.25. The number of ether oxygens (including phenoxy) is 1. The van der Waals surface area contributed by atoms with Crippen LogP contribution in [0.5, 0.6) is 11.5 Å². The summed E-state index contributed by atoms with van der Waals surface area (Å²) in [4.78, 5) is 8.67. The van der Waals surface area contributed by atoms with Crippen LogP contribution >= 0.6 is 8.25 Å². The molecule has 29 heavy (non-hydrogen) atoms. The predicted octanol–water partition coefficient (Wildman–Crippen LogP) is 4.70. The maximum absolute atomic E-state index is 12.8. The molecule has 2 aromatic carbocycles. The second-order valence-corrected chi connectivity index (χ2v) is 8.20. The first-order valence-corrected chi connectivity index (χ1v) is 10.8. The molecule has 0 heterocycles. The molecule has 2 aromatic rings. The van der Waals surface area contributed by atoms with Gasteiger partial charge in [-0.2, -0.15) is 21.6 Å². The van der Waals surface area contributed by atoms with Crippen molar-refractivity contribution in [3.05, 3.63) is 59.7 Å². The van der Waals surface area contributed by atoms with Gasteiger partial charge in [0.25, 0.3) is 10.1 Å². The first kappa shape index (κ1) is 23.2. The van der Waals surface area contributed by atoms with E-state index in [0.29, 0.717) is 12.0 Å². The van der Waals surface area contributed by atoms with Crippen molar-refractivity contribution in [1.82, 2.24) is 0 Å². The van der Waals surface area contributed by atoms with Gasteiger partial charge in [0.1, 0.15) is 11.5 Å². The molecule has 0 radical (unpaired) electrons. The number of benzene rings is 2. The average molecular weight is 453 g/mol. The van der Waals surface area contributed by atoms with Gasteiger partial charge >= 0.3 is 14.4 Å². The zero-order valence-corrected chi connectivity index (χ0v) is 16.5. The molecule has 2 N–H and O–H groups in total. The largest absolute Gasteiger partial charge is 0.696 e. The SMILES string of the molecule is O=[P+](O)OC(CCCc1cccc(Oc2cccc(C(F)(F)F)c2)c1)S(=O)(=O)O. The Morgan fingerprint density at radius 3 is 2.28 bits per heavy atom. The van der Waals surface area contributed by atoms with E-state index in [-0.39, 0.29) is 24.3 Å². The highest BCUT2D eigenvalue weighted by atomic mass is 32.2. The van der Waals surface area contributed by atoms with Crippen molar-refractivity contribution < 1.29 is 44.9 Å². The van der Waals surface area contributed by atoms with Gasteiger partial charge in [-0.05, 0) is 55.2 Å². The van der Waals surface area contributed by atoms with Gasteiger partial charge in [0.15, 0.2) is 0 Å². The molecule has 2 unspecified atom stereocenters. The van der Waals surface area contributed by atoms with Crippen molar-refractivity contribution in [3.8, 4) is 11.5 Å². The summed E-state index contributed by atoms with van der Waals surface area (Å²) in [5, 5.41) is 0. The number of alkyl halides is 3. The third kappa shape index (κ3) is 7.71. The minimum Gasteiger partial charge on any atom is -0.457 e. The highest BCUT2D eigenvalue weighted by Crippen LogP contribution is 2.33. The fraction of sp³-hybridized carbons (Fsp3) is 0.294. The van der Waals surface area contributed by atoms with E-state index in [4.69, 9.17) is 14.2 Å². The third-order valence-electron chi connectivity index (χ3n) is 3.74. The van der Waals surface area contributed by atoms with Gasteiger partial charge < -0.3 is 4.74 Å². The second-order valence-electron chi connectivity index (χ2n) is 5.96. The number of aryl methyl sites for hydroxylation is 1. The Kier molecular flexibility index (Phi) is 7.73. The van der Waals surface area contributed by atoms with Crippen molar-refractivity contribution in [1.29, 1.82) is 0 Å². The molecule has 7 nitrogen and oxygen atoms in total. The molecule has 12 heteroatoms. The average Bonchev–Trinajstić information content (AvgIpc) is 2.59. The molecule has 0 aliphatic rings. The quantitative estimate of drug-likeness (QED) is 0.418. The lowest BCUT2D eigenvalue weighted by Crippen LogP contribution is -2.21. The topological polar surface area (TPSA) is 110 Å². The number of hydrogen-bond acceptors (Lipinski definition) is 5. The molecule has 2 atom stereocenters. The summed E-state index contributed by atoms with van der Waals surface area (Å²) in [7, 11) is -7.87. The van der Waals surface area contributed by atoms with Crippen LogP contribution in [-0.2, 0) is 31.8 Å². The first-order valence-electron chi connectivity index (χ1n) is 8.18. The molecule has 0 amide bonds. The lowest BCUT2D eigenvalue weighted by molar-refractivity contribution is -0.137. The second kappa shape index (κ2) is 9.64. The van der Waals surface area contributed by atoms with Crippen LogP contribution in [0.4, 0.5) is 13.2 Å². The van der Waals surface area contributed by atoms with Gasteiger partial charge in [0.2, 0.25) is 5.44 Å². The van der Waals surface area contributed by atoms with E-state index in [1.807, 2.05) is 0 Å². The highest BCUT2D eigenvalue weighted by Gasteiger charge is 2.33. The van der Waals surface area contributed by atoms with Crippen LogP contribution in [0.2, 0.25) is 0 Å². The van der Waals surface area contributed by atoms with Crippen LogP contribution in [0.1, 0.15) is 24.0 Å². The standard InChI is InChI=1S/C17H16F3O7PS/c18-17(19,20)13-6-3-8-15(11-13)26-14-7-1-4-12(10-14)5-2-9-16(27-28(21)22)29(23,24)25/h1,3-4,6-8,10-11,16H,2,5,9H2,(H-,21,22,23,24,25)/p+1. The molecule has 0 aliphatic carbocycles. The zero-order valence-electron chi connectivity index (χ0n) is 14.7. The van der Waals surface area contributed by atoms with E-state index in [9.17, 15) is 26.2 Å². The summed E-state index contributed by atoms with van der Waals surface area (Å²) in [6.45, 7) is 0.